The number of benzene rings is 1. The normalized spacial score (nSPS) is 12.1. The Kier molecular flexibility index (Phi) is 5.49. The highest BCUT2D eigenvalue weighted by Gasteiger charge is 2.15. The highest BCUT2D eigenvalue weighted by Crippen LogP contribution is 2.21. The van der Waals surface area contributed by atoms with Crippen molar-refractivity contribution < 1.29 is 9.72 Å². The molecule has 0 aromatic heterocycles. The Bertz CT molecular complexity index is 500. The summed E-state index contributed by atoms with van der Waals surface area (Å²) in [5.41, 5.74) is 1.51. The summed E-state index contributed by atoms with van der Waals surface area (Å²) in [6.07, 6.45) is 0. The first-order valence-electron chi connectivity index (χ1n) is 6.60. The van der Waals surface area contributed by atoms with Gasteiger partial charge in [-0.05, 0) is 31.4 Å². The van der Waals surface area contributed by atoms with Gasteiger partial charge in [-0.1, -0.05) is 13.8 Å². The van der Waals surface area contributed by atoms with Crippen LogP contribution in [0.3, 0.4) is 0 Å². The molecular formula is C14H21N3O3. The van der Waals surface area contributed by atoms with Crippen LogP contribution in [0.15, 0.2) is 18.2 Å². The van der Waals surface area contributed by atoms with E-state index in [-0.39, 0.29) is 11.6 Å². The van der Waals surface area contributed by atoms with E-state index in [0.717, 1.165) is 11.3 Å². The van der Waals surface area contributed by atoms with Gasteiger partial charge in [-0.25, -0.2) is 0 Å². The van der Waals surface area contributed by atoms with E-state index < -0.39 is 11.0 Å². The molecule has 1 rings (SSSR count). The van der Waals surface area contributed by atoms with E-state index >= 15 is 0 Å². The molecule has 0 radical (unpaired) electrons. The quantitative estimate of drug-likeness (QED) is 0.619. The fourth-order valence-electron chi connectivity index (χ4n) is 1.68. The molecule has 0 aliphatic heterocycles. The Morgan fingerprint density at radius 3 is 2.50 bits per heavy atom. The van der Waals surface area contributed by atoms with Crippen molar-refractivity contribution in [2.45, 2.75) is 33.7 Å². The number of nitrogens with one attached hydrogen (secondary N) is 2. The van der Waals surface area contributed by atoms with Crippen LogP contribution in [0.25, 0.3) is 0 Å². The van der Waals surface area contributed by atoms with E-state index in [0.29, 0.717) is 12.5 Å². The Morgan fingerprint density at radius 1 is 1.35 bits per heavy atom. The molecule has 20 heavy (non-hydrogen) atoms. The van der Waals surface area contributed by atoms with Crippen molar-refractivity contribution >= 4 is 17.3 Å². The third kappa shape index (κ3) is 4.53. The van der Waals surface area contributed by atoms with E-state index in [9.17, 15) is 14.9 Å². The number of hydrogen-bond donors (Lipinski definition) is 2. The monoisotopic (exact) mass is 279 g/mol. The Labute approximate surface area is 118 Å². The number of nitrogens with zero attached hydrogens (tertiary/aromatic N) is 1. The lowest BCUT2D eigenvalue weighted by Crippen LogP contribution is -2.39. The molecule has 0 aliphatic carbocycles. The van der Waals surface area contributed by atoms with Gasteiger partial charge in [0, 0.05) is 24.4 Å². The van der Waals surface area contributed by atoms with Crippen LogP contribution in [-0.4, -0.2) is 23.4 Å². The second-order valence-corrected chi connectivity index (χ2v) is 5.26. The molecule has 1 atom stereocenters. The van der Waals surface area contributed by atoms with Crippen molar-refractivity contribution in [1.82, 2.24) is 5.32 Å². The maximum absolute atomic E-state index is 11.9. The van der Waals surface area contributed by atoms with E-state index in [4.69, 9.17) is 0 Å². The summed E-state index contributed by atoms with van der Waals surface area (Å²) in [6, 6.07) is 4.14. The van der Waals surface area contributed by atoms with Gasteiger partial charge in [0.2, 0.25) is 5.91 Å². The third-order valence-corrected chi connectivity index (χ3v) is 2.87. The molecule has 0 saturated heterocycles. The number of carbonyl (C=O) groups is 1. The van der Waals surface area contributed by atoms with Gasteiger partial charge in [0.05, 0.1) is 4.92 Å². The molecule has 1 aromatic carbocycles. The Hall–Kier alpha value is -2.11. The van der Waals surface area contributed by atoms with Crippen molar-refractivity contribution in [1.29, 1.82) is 0 Å². The molecule has 0 heterocycles. The van der Waals surface area contributed by atoms with E-state index in [2.05, 4.69) is 10.6 Å². The zero-order valence-corrected chi connectivity index (χ0v) is 12.3. The van der Waals surface area contributed by atoms with Gasteiger partial charge in [-0.3, -0.25) is 14.9 Å². The predicted octanol–water partition coefficient (Wildman–Crippen LogP) is 2.48. The zero-order valence-electron chi connectivity index (χ0n) is 12.3. The average molecular weight is 279 g/mol. The van der Waals surface area contributed by atoms with Crippen molar-refractivity contribution in [2.75, 3.05) is 11.9 Å². The van der Waals surface area contributed by atoms with Crippen LogP contribution in [0.5, 0.6) is 0 Å². The minimum Gasteiger partial charge on any atom is -0.374 e. The highest BCUT2D eigenvalue weighted by atomic mass is 16.6. The number of carbonyl (C=O) groups excluding carboxylic acids is 1. The van der Waals surface area contributed by atoms with Crippen LogP contribution < -0.4 is 10.6 Å². The minimum atomic E-state index is -0.435. The van der Waals surface area contributed by atoms with Crippen molar-refractivity contribution in [3.63, 3.8) is 0 Å². The van der Waals surface area contributed by atoms with E-state index in [1.165, 1.54) is 12.1 Å². The van der Waals surface area contributed by atoms with Crippen molar-refractivity contribution in [2.24, 2.45) is 5.92 Å². The topological polar surface area (TPSA) is 84.3 Å². The lowest BCUT2D eigenvalue weighted by atomic mass is 10.1. The molecule has 0 aliphatic rings. The first kappa shape index (κ1) is 15.9. The molecule has 110 valence electrons. The fourth-order valence-corrected chi connectivity index (χ4v) is 1.68. The second kappa shape index (κ2) is 6.88. The molecule has 0 bridgehead atoms. The van der Waals surface area contributed by atoms with Crippen molar-refractivity contribution in [3.05, 3.63) is 33.9 Å². The van der Waals surface area contributed by atoms with Gasteiger partial charge >= 0.3 is 0 Å². The number of aryl methyl sites for hydroxylation is 1. The van der Waals surface area contributed by atoms with Gasteiger partial charge in [0.25, 0.3) is 5.69 Å². The van der Waals surface area contributed by atoms with Crippen LogP contribution in [0, 0.1) is 23.0 Å². The zero-order chi connectivity index (χ0) is 15.3. The molecule has 1 unspecified atom stereocenters. The second-order valence-electron chi connectivity index (χ2n) is 5.26. The molecule has 1 amide bonds. The number of nitro benzene ring substituents is 1. The molecular weight excluding hydrogens is 258 g/mol. The Morgan fingerprint density at radius 2 is 2.00 bits per heavy atom. The smallest absolute Gasteiger partial charge is 0.269 e. The number of hydrogen-bond acceptors (Lipinski definition) is 4. The summed E-state index contributed by atoms with van der Waals surface area (Å²) in [5.74, 6) is 0.309. The third-order valence-electron chi connectivity index (χ3n) is 2.87. The number of anilines is 1. The first-order valence-corrected chi connectivity index (χ1v) is 6.60. The number of non-ortho nitro benzene ring substituents is 1. The summed E-state index contributed by atoms with van der Waals surface area (Å²) in [6.45, 7) is 8.21. The maximum Gasteiger partial charge on any atom is 0.269 e. The standard InChI is InChI=1S/C14H21N3O3/c1-9(2)8-15-14(18)11(4)16-13-6-5-12(17(19)20)7-10(13)3/h5-7,9,11,16H,8H2,1-4H3,(H,15,18). The molecule has 0 spiro atoms. The fraction of sp³-hybridized carbons (Fsp3) is 0.500. The lowest BCUT2D eigenvalue weighted by Gasteiger charge is -2.17. The molecule has 2 N–H and O–H groups in total. The Balaban J connectivity index is 2.68. The van der Waals surface area contributed by atoms with Crippen LogP contribution in [-0.2, 0) is 4.79 Å². The van der Waals surface area contributed by atoms with Crippen LogP contribution >= 0.6 is 0 Å². The van der Waals surface area contributed by atoms with Crippen LogP contribution in [0.4, 0.5) is 11.4 Å². The largest absolute Gasteiger partial charge is 0.374 e. The molecule has 1 aromatic rings. The van der Waals surface area contributed by atoms with Gasteiger partial charge in [0.15, 0.2) is 0 Å². The maximum atomic E-state index is 11.9. The number of rotatable bonds is 6. The minimum absolute atomic E-state index is 0.0463. The van der Waals surface area contributed by atoms with E-state index in [1.54, 1.807) is 19.9 Å². The highest BCUT2D eigenvalue weighted by molar-refractivity contribution is 5.84. The van der Waals surface area contributed by atoms with Gasteiger partial charge < -0.3 is 10.6 Å². The molecule has 0 fully saturated rings. The molecule has 6 nitrogen and oxygen atoms in total. The van der Waals surface area contributed by atoms with Crippen molar-refractivity contribution in [3.8, 4) is 0 Å². The first-order chi connectivity index (χ1) is 9.31. The van der Waals surface area contributed by atoms with Crippen LogP contribution in [0.2, 0.25) is 0 Å². The summed E-state index contributed by atoms with van der Waals surface area (Å²) in [7, 11) is 0. The number of amides is 1. The summed E-state index contributed by atoms with van der Waals surface area (Å²) < 4.78 is 0. The van der Waals surface area contributed by atoms with Gasteiger partial charge in [-0.2, -0.15) is 0 Å². The van der Waals surface area contributed by atoms with Gasteiger partial charge in [0.1, 0.15) is 6.04 Å². The van der Waals surface area contributed by atoms with Gasteiger partial charge in [-0.15, -0.1) is 0 Å². The summed E-state index contributed by atoms with van der Waals surface area (Å²) in [4.78, 5) is 22.1. The summed E-state index contributed by atoms with van der Waals surface area (Å²) in [5, 5.41) is 16.6. The molecule has 0 saturated carbocycles. The SMILES string of the molecule is Cc1cc([N+](=O)[O-])ccc1NC(C)C(=O)NCC(C)C. The van der Waals surface area contributed by atoms with Crippen LogP contribution in [0.1, 0.15) is 26.3 Å². The number of nitro groups is 1. The molecule has 6 heteroatoms. The van der Waals surface area contributed by atoms with E-state index in [1.807, 2.05) is 13.8 Å². The summed E-state index contributed by atoms with van der Waals surface area (Å²) >= 11 is 0. The predicted molar refractivity (Wildman–Crippen MR) is 78.8 cm³/mol. The lowest BCUT2D eigenvalue weighted by molar-refractivity contribution is -0.384. The average Bonchev–Trinajstić information content (AvgIpc) is 2.37.